The van der Waals surface area contributed by atoms with Crippen molar-refractivity contribution in [3.8, 4) is 0 Å². The van der Waals surface area contributed by atoms with Crippen LogP contribution in [0.1, 0.15) is 19.4 Å². The largest absolute Gasteiger partial charge is 0.238 e. The van der Waals surface area contributed by atoms with E-state index in [2.05, 4.69) is 20.0 Å². The van der Waals surface area contributed by atoms with E-state index in [9.17, 15) is 19.2 Å². The molecule has 0 bridgehead atoms. The zero-order valence-corrected chi connectivity index (χ0v) is 14.5. The lowest BCUT2D eigenvalue weighted by atomic mass is 9.69. The Kier molecular flexibility index (Phi) is 5.52. The molecule has 0 heterocycles. The number of aliphatic imine (C=N–C) groups is 4. The molecule has 1 aliphatic rings. The Balaban J connectivity index is 2.90. The fourth-order valence-corrected chi connectivity index (χ4v) is 3.02. The molecular formula is C19H14N4O4. The standard InChI is InChI=1S/C19H14N4O4/c1-17(2,15-6-4-3-5-7-15)16-10-18(20-11-24,21-12-25)8-9-19(16,22-13-26)23-14-27/h3-10H,1-2H3. The summed E-state index contributed by atoms with van der Waals surface area (Å²) in [6.45, 7) is 3.59. The molecule has 2 rings (SSSR count). The second-order valence-electron chi connectivity index (χ2n) is 6.20. The third kappa shape index (κ3) is 3.60. The molecule has 0 fully saturated rings. The van der Waals surface area contributed by atoms with E-state index in [1.165, 1.54) is 42.5 Å². The van der Waals surface area contributed by atoms with E-state index in [1.807, 2.05) is 30.3 Å². The third-order valence-electron chi connectivity index (χ3n) is 4.36. The van der Waals surface area contributed by atoms with Gasteiger partial charge in [-0.2, -0.15) is 20.0 Å². The van der Waals surface area contributed by atoms with Gasteiger partial charge >= 0.3 is 0 Å². The molecule has 0 aliphatic heterocycles. The second-order valence-corrected chi connectivity index (χ2v) is 6.20. The molecule has 1 aliphatic carbocycles. The summed E-state index contributed by atoms with van der Waals surface area (Å²) in [5.74, 6) is 0. The number of benzene rings is 1. The lowest BCUT2D eigenvalue weighted by Gasteiger charge is -2.39. The molecule has 0 saturated heterocycles. The Morgan fingerprint density at radius 2 is 1.30 bits per heavy atom. The van der Waals surface area contributed by atoms with Gasteiger partial charge in [-0.25, -0.2) is 19.2 Å². The summed E-state index contributed by atoms with van der Waals surface area (Å²) in [4.78, 5) is 58.4. The monoisotopic (exact) mass is 362 g/mol. The third-order valence-corrected chi connectivity index (χ3v) is 4.36. The van der Waals surface area contributed by atoms with E-state index >= 15 is 0 Å². The van der Waals surface area contributed by atoms with Gasteiger partial charge in [0.05, 0.1) is 0 Å². The Morgan fingerprint density at radius 1 is 0.778 bits per heavy atom. The topological polar surface area (TPSA) is 118 Å². The van der Waals surface area contributed by atoms with Crippen LogP contribution in [0.15, 0.2) is 74.1 Å². The number of carbonyl (C=O) groups excluding carboxylic acids is 4. The van der Waals surface area contributed by atoms with Gasteiger partial charge in [0.2, 0.25) is 35.6 Å². The Morgan fingerprint density at radius 3 is 1.78 bits per heavy atom. The smallest absolute Gasteiger partial charge is 0.211 e. The summed E-state index contributed by atoms with van der Waals surface area (Å²) in [7, 11) is 0. The number of nitrogens with zero attached hydrogens (tertiary/aromatic N) is 4. The minimum Gasteiger partial charge on any atom is -0.211 e. The average Bonchev–Trinajstić information content (AvgIpc) is 2.65. The number of hydrogen-bond acceptors (Lipinski definition) is 8. The molecule has 0 aromatic heterocycles. The number of rotatable bonds is 6. The molecule has 8 nitrogen and oxygen atoms in total. The summed E-state index contributed by atoms with van der Waals surface area (Å²) in [6, 6.07) is 9.10. The number of hydrogen-bond donors (Lipinski definition) is 0. The van der Waals surface area contributed by atoms with Crippen molar-refractivity contribution in [1.82, 2.24) is 0 Å². The molecule has 0 N–H and O–H groups in total. The van der Waals surface area contributed by atoms with Gasteiger partial charge in [0.15, 0.2) is 0 Å². The Bertz CT molecular complexity index is 948. The van der Waals surface area contributed by atoms with Gasteiger partial charge in [-0.05, 0) is 29.4 Å². The van der Waals surface area contributed by atoms with Crippen molar-refractivity contribution < 1.29 is 19.2 Å². The van der Waals surface area contributed by atoms with Crippen LogP contribution >= 0.6 is 0 Å². The van der Waals surface area contributed by atoms with Gasteiger partial charge in [0.25, 0.3) is 0 Å². The van der Waals surface area contributed by atoms with E-state index in [0.717, 1.165) is 5.56 Å². The van der Waals surface area contributed by atoms with E-state index in [4.69, 9.17) is 0 Å². The van der Waals surface area contributed by atoms with Crippen molar-refractivity contribution in [3.05, 3.63) is 59.7 Å². The fourth-order valence-electron chi connectivity index (χ4n) is 3.02. The molecule has 0 atom stereocenters. The Labute approximate surface area is 154 Å². The van der Waals surface area contributed by atoms with Crippen molar-refractivity contribution >= 4 is 24.3 Å². The zero-order chi connectivity index (χ0) is 20.0. The van der Waals surface area contributed by atoms with Crippen molar-refractivity contribution in [3.63, 3.8) is 0 Å². The summed E-state index contributed by atoms with van der Waals surface area (Å²) in [6.07, 6.45) is 9.29. The highest BCUT2D eigenvalue weighted by molar-refractivity contribution is 5.57. The minimum absolute atomic E-state index is 0.272. The van der Waals surface area contributed by atoms with Gasteiger partial charge in [-0.1, -0.05) is 44.2 Å². The van der Waals surface area contributed by atoms with Crippen LogP contribution < -0.4 is 0 Å². The average molecular weight is 362 g/mol. The lowest BCUT2D eigenvalue weighted by molar-refractivity contribution is 0.463. The molecule has 0 spiro atoms. The lowest BCUT2D eigenvalue weighted by Crippen LogP contribution is -2.41. The fraction of sp³-hybridized carbons (Fsp3) is 0.263. The quantitative estimate of drug-likeness (QED) is 0.438. The van der Waals surface area contributed by atoms with Crippen LogP contribution in [0.3, 0.4) is 0 Å². The highest BCUT2D eigenvalue weighted by Crippen LogP contribution is 2.45. The highest BCUT2D eigenvalue weighted by atomic mass is 16.1. The summed E-state index contributed by atoms with van der Waals surface area (Å²) >= 11 is 0. The molecule has 1 aromatic rings. The van der Waals surface area contributed by atoms with Gasteiger partial charge in [-0.15, -0.1) is 0 Å². The minimum atomic E-state index is -1.76. The molecule has 134 valence electrons. The number of isocyanates is 4. The molecule has 0 saturated carbocycles. The van der Waals surface area contributed by atoms with Gasteiger partial charge in [-0.3, -0.25) is 0 Å². The first kappa shape index (κ1) is 19.5. The van der Waals surface area contributed by atoms with Gasteiger partial charge in [0.1, 0.15) is 0 Å². The van der Waals surface area contributed by atoms with E-state index in [0.29, 0.717) is 0 Å². The molecule has 27 heavy (non-hydrogen) atoms. The Hall–Kier alpha value is -3.78. The molecule has 8 heteroatoms. The predicted octanol–water partition coefficient (Wildman–Crippen LogP) is 2.20. The van der Waals surface area contributed by atoms with Crippen LogP contribution in [-0.4, -0.2) is 35.6 Å². The second kappa shape index (κ2) is 7.63. The highest BCUT2D eigenvalue weighted by Gasteiger charge is 2.47. The van der Waals surface area contributed by atoms with Crippen LogP contribution in [0.4, 0.5) is 0 Å². The SMILES string of the molecule is CC(C)(C1=CC(N=C=O)(N=C=O)C=CC1(N=C=O)N=C=O)c1ccccc1. The molecule has 0 unspecified atom stereocenters. The van der Waals surface area contributed by atoms with Gasteiger partial charge in [0, 0.05) is 5.41 Å². The maximum Gasteiger partial charge on any atom is 0.238 e. The normalized spacial score (nSPS) is 23.6. The summed E-state index contributed by atoms with van der Waals surface area (Å²) < 4.78 is 0. The van der Waals surface area contributed by atoms with Crippen LogP contribution in [0.2, 0.25) is 0 Å². The van der Waals surface area contributed by atoms with E-state index in [-0.39, 0.29) is 5.57 Å². The molecule has 0 radical (unpaired) electrons. The van der Waals surface area contributed by atoms with E-state index in [1.54, 1.807) is 13.8 Å². The van der Waals surface area contributed by atoms with Gasteiger partial charge < -0.3 is 0 Å². The van der Waals surface area contributed by atoms with Crippen LogP contribution in [0.25, 0.3) is 0 Å². The maximum absolute atomic E-state index is 11.1. The van der Waals surface area contributed by atoms with Crippen LogP contribution in [-0.2, 0) is 24.6 Å². The van der Waals surface area contributed by atoms with Crippen molar-refractivity contribution in [1.29, 1.82) is 0 Å². The van der Waals surface area contributed by atoms with Crippen molar-refractivity contribution in [2.45, 2.75) is 30.6 Å². The summed E-state index contributed by atoms with van der Waals surface area (Å²) in [5.41, 5.74) is -3.30. The zero-order valence-electron chi connectivity index (χ0n) is 14.5. The molecule has 1 aromatic carbocycles. The molecular weight excluding hydrogens is 348 g/mol. The predicted molar refractivity (Wildman–Crippen MR) is 94.6 cm³/mol. The first-order chi connectivity index (χ1) is 12.9. The van der Waals surface area contributed by atoms with Crippen molar-refractivity contribution in [2.75, 3.05) is 0 Å². The first-order valence-electron chi connectivity index (χ1n) is 7.75. The first-order valence-corrected chi connectivity index (χ1v) is 7.75. The summed E-state index contributed by atoms with van der Waals surface area (Å²) in [5, 5.41) is 0. The maximum atomic E-state index is 11.1. The van der Waals surface area contributed by atoms with E-state index < -0.39 is 16.7 Å². The van der Waals surface area contributed by atoms with Crippen LogP contribution in [0.5, 0.6) is 0 Å². The molecule has 0 amide bonds. The van der Waals surface area contributed by atoms with Crippen LogP contribution in [0, 0.1) is 0 Å². The van der Waals surface area contributed by atoms with Crippen molar-refractivity contribution in [2.24, 2.45) is 20.0 Å².